The average Bonchev–Trinajstić information content (AvgIpc) is 3.20. The summed E-state index contributed by atoms with van der Waals surface area (Å²) in [6.45, 7) is 2.47. The summed E-state index contributed by atoms with van der Waals surface area (Å²) in [5.41, 5.74) is 1.62. The van der Waals surface area contributed by atoms with Crippen LogP contribution in [0.5, 0.6) is 0 Å². The number of benzene rings is 1. The molecule has 1 aromatic carbocycles. The average molecular weight is 330 g/mol. The van der Waals surface area contributed by atoms with E-state index < -0.39 is 0 Å². The van der Waals surface area contributed by atoms with Crippen LogP contribution in [-0.2, 0) is 11.3 Å². The quantitative estimate of drug-likeness (QED) is 0.686. The Morgan fingerprint density at radius 1 is 1.30 bits per heavy atom. The molecule has 0 unspecified atom stereocenters. The van der Waals surface area contributed by atoms with E-state index in [2.05, 4.69) is 4.98 Å². The minimum absolute atomic E-state index is 0.0170. The van der Waals surface area contributed by atoms with Gasteiger partial charge in [-0.2, -0.15) is 0 Å². The number of nitrogens with zero attached hydrogens (tertiary/aromatic N) is 2. The number of hydrogen-bond donors (Lipinski definition) is 0. The summed E-state index contributed by atoms with van der Waals surface area (Å²) in [4.78, 5) is 18.3. The van der Waals surface area contributed by atoms with Crippen LogP contribution in [0.1, 0.15) is 23.8 Å². The van der Waals surface area contributed by atoms with Crippen LogP contribution in [0.3, 0.4) is 0 Å². The smallest absolute Gasteiger partial charge is 0.232 e. The highest BCUT2D eigenvalue weighted by atomic mass is 32.2. The van der Waals surface area contributed by atoms with E-state index in [1.165, 1.54) is 11.8 Å². The molecule has 0 spiro atoms. The third kappa shape index (κ3) is 3.76. The topological polar surface area (TPSA) is 59.5 Å². The Kier molecular flexibility index (Phi) is 4.71. The molecule has 0 saturated carbocycles. The van der Waals surface area contributed by atoms with Crippen LogP contribution >= 0.6 is 11.8 Å². The van der Waals surface area contributed by atoms with Gasteiger partial charge in [-0.15, -0.1) is 11.8 Å². The Balaban J connectivity index is 1.55. The molecule has 0 aliphatic carbocycles. The third-order valence-electron chi connectivity index (χ3n) is 3.51. The summed E-state index contributed by atoms with van der Waals surface area (Å²) in [5, 5.41) is 0.0170. The number of carbonyl (C=O) groups is 1. The number of amides is 1. The van der Waals surface area contributed by atoms with Gasteiger partial charge in [0.1, 0.15) is 11.3 Å². The second kappa shape index (κ2) is 6.91. The Bertz CT molecular complexity index is 749. The van der Waals surface area contributed by atoms with Gasteiger partial charge >= 0.3 is 0 Å². The molecular weight excluding hydrogens is 312 g/mol. The van der Waals surface area contributed by atoms with Crippen molar-refractivity contribution < 1.29 is 13.6 Å². The number of carbonyl (C=O) groups excluding carboxylic acids is 1. The van der Waals surface area contributed by atoms with Gasteiger partial charge in [-0.25, -0.2) is 4.98 Å². The van der Waals surface area contributed by atoms with Crippen LogP contribution in [0.25, 0.3) is 11.1 Å². The number of aromatic nitrogens is 1. The fraction of sp³-hybridized carbons (Fsp3) is 0.294. The first kappa shape index (κ1) is 15.7. The molecule has 0 saturated heterocycles. The number of fused-ring (bicyclic) bond motifs is 1. The van der Waals surface area contributed by atoms with E-state index in [0.29, 0.717) is 18.2 Å². The SMILES string of the molecule is C[C@@H](SCC(=O)N(C)Cc1ccco1)c1nc2ccccc2o1. The maximum atomic E-state index is 12.2. The molecule has 2 heterocycles. The largest absolute Gasteiger partial charge is 0.467 e. The van der Waals surface area contributed by atoms with Gasteiger partial charge in [-0.05, 0) is 31.2 Å². The van der Waals surface area contributed by atoms with Crippen molar-refractivity contribution in [3.05, 3.63) is 54.3 Å². The monoisotopic (exact) mass is 330 g/mol. The number of oxazole rings is 1. The highest BCUT2D eigenvalue weighted by Crippen LogP contribution is 2.30. The molecule has 5 nitrogen and oxygen atoms in total. The molecule has 0 N–H and O–H groups in total. The Labute approximate surface area is 138 Å². The maximum absolute atomic E-state index is 12.2. The van der Waals surface area contributed by atoms with Crippen LogP contribution in [0, 0.1) is 0 Å². The summed E-state index contributed by atoms with van der Waals surface area (Å²) in [5.74, 6) is 1.85. The molecule has 0 bridgehead atoms. The zero-order valence-corrected chi connectivity index (χ0v) is 13.9. The number of rotatable bonds is 6. The number of furan rings is 1. The van der Waals surface area contributed by atoms with E-state index in [-0.39, 0.29) is 11.2 Å². The highest BCUT2D eigenvalue weighted by molar-refractivity contribution is 8.00. The molecule has 0 aliphatic rings. The summed E-state index contributed by atoms with van der Waals surface area (Å²) >= 11 is 1.52. The molecule has 6 heteroatoms. The summed E-state index contributed by atoms with van der Waals surface area (Å²) in [7, 11) is 1.77. The normalized spacial score (nSPS) is 12.4. The lowest BCUT2D eigenvalue weighted by molar-refractivity contribution is -0.127. The fourth-order valence-corrected chi connectivity index (χ4v) is 3.02. The molecule has 23 heavy (non-hydrogen) atoms. The predicted molar refractivity (Wildman–Crippen MR) is 90.1 cm³/mol. The van der Waals surface area contributed by atoms with Crippen molar-refractivity contribution in [1.82, 2.24) is 9.88 Å². The number of para-hydroxylation sites is 2. The summed E-state index contributed by atoms with van der Waals surface area (Å²) in [6, 6.07) is 11.3. The molecule has 0 fully saturated rings. The zero-order valence-electron chi connectivity index (χ0n) is 13.1. The Hall–Kier alpha value is -2.21. The van der Waals surface area contributed by atoms with E-state index in [0.717, 1.165) is 16.9 Å². The first-order valence-corrected chi connectivity index (χ1v) is 8.42. The molecule has 0 radical (unpaired) electrons. The summed E-state index contributed by atoms with van der Waals surface area (Å²) < 4.78 is 11.0. The molecular formula is C17H18N2O3S. The minimum atomic E-state index is 0.0170. The molecule has 1 atom stereocenters. The van der Waals surface area contributed by atoms with Gasteiger partial charge < -0.3 is 13.7 Å². The lowest BCUT2D eigenvalue weighted by atomic mass is 10.3. The fourth-order valence-electron chi connectivity index (χ4n) is 2.17. The molecule has 3 rings (SSSR count). The van der Waals surface area contributed by atoms with E-state index in [9.17, 15) is 4.79 Å². The first-order valence-electron chi connectivity index (χ1n) is 7.37. The van der Waals surface area contributed by atoms with Gasteiger partial charge in [0, 0.05) is 7.05 Å². The molecule has 0 aliphatic heterocycles. The van der Waals surface area contributed by atoms with Crippen molar-refractivity contribution in [2.75, 3.05) is 12.8 Å². The minimum Gasteiger partial charge on any atom is -0.467 e. The highest BCUT2D eigenvalue weighted by Gasteiger charge is 2.17. The van der Waals surface area contributed by atoms with Crippen molar-refractivity contribution in [3.63, 3.8) is 0 Å². The first-order chi connectivity index (χ1) is 11.1. The number of hydrogen-bond acceptors (Lipinski definition) is 5. The van der Waals surface area contributed by atoms with E-state index >= 15 is 0 Å². The van der Waals surface area contributed by atoms with Gasteiger partial charge in [0.05, 0.1) is 23.8 Å². The molecule has 2 aromatic heterocycles. The number of thioether (sulfide) groups is 1. The predicted octanol–water partition coefficient (Wildman–Crippen LogP) is 3.87. The lowest BCUT2D eigenvalue weighted by Crippen LogP contribution is -2.27. The molecule has 120 valence electrons. The van der Waals surface area contributed by atoms with Crippen LogP contribution < -0.4 is 0 Å². The Morgan fingerprint density at radius 3 is 2.87 bits per heavy atom. The van der Waals surface area contributed by atoms with Gasteiger partial charge in [0.2, 0.25) is 11.8 Å². The van der Waals surface area contributed by atoms with Crippen molar-refractivity contribution in [1.29, 1.82) is 0 Å². The van der Waals surface area contributed by atoms with Crippen molar-refractivity contribution in [3.8, 4) is 0 Å². The van der Waals surface area contributed by atoms with Gasteiger partial charge in [0.25, 0.3) is 0 Å². The van der Waals surface area contributed by atoms with Gasteiger partial charge in [-0.1, -0.05) is 12.1 Å². The Morgan fingerprint density at radius 2 is 2.13 bits per heavy atom. The second-order valence-corrected chi connectivity index (χ2v) is 6.63. The van der Waals surface area contributed by atoms with Crippen LogP contribution in [0.2, 0.25) is 0 Å². The lowest BCUT2D eigenvalue weighted by Gasteiger charge is -2.16. The summed E-state index contributed by atoms with van der Waals surface area (Å²) in [6.07, 6.45) is 1.61. The van der Waals surface area contributed by atoms with Gasteiger partial charge in [0.15, 0.2) is 5.58 Å². The van der Waals surface area contributed by atoms with Gasteiger partial charge in [-0.3, -0.25) is 4.79 Å². The van der Waals surface area contributed by atoms with Crippen LogP contribution in [0.4, 0.5) is 0 Å². The van der Waals surface area contributed by atoms with Crippen molar-refractivity contribution in [2.45, 2.75) is 18.7 Å². The second-order valence-electron chi connectivity index (χ2n) is 5.30. The third-order valence-corrected chi connectivity index (χ3v) is 4.63. The van der Waals surface area contributed by atoms with E-state index in [4.69, 9.17) is 8.83 Å². The standard InChI is InChI=1S/C17H18N2O3S/c1-12(17-18-14-7-3-4-8-15(14)22-17)23-11-16(20)19(2)10-13-6-5-9-21-13/h3-9,12H,10-11H2,1-2H3/t12-/m1/s1. The van der Waals surface area contributed by atoms with Crippen LogP contribution in [-0.4, -0.2) is 28.6 Å². The van der Waals surface area contributed by atoms with E-state index in [1.54, 1.807) is 18.2 Å². The molecule has 3 aromatic rings. The van der Waals surface area contributed by atoms with Crippen molar-refractivity contribution in [2.24, 2.45) is 0 Å². The van der Waals surface area contributed by atoms with E-state index in [1.807, 2.05) is 43.3 Å². The maximum Gasteiger partial charge on any atom is 0.232 e. The molecule has 1 amide bonds. The van der Waals surface area contributed by atoms with Crippen molar-refractivity contribution >= 4 is 28.8 Å². The zero-order chi connectivity index (χ0) is 16.2. The van der Waals surface area contributed by atoms with Crippen LogP contribution in [0.15, 0.2) is 51.5 Å².